The number of carbonyl (C=O) groups is 2. The number of hydrogen-bond donors (Lipinski definition) is 1. The van der Waals surface area contributed by atoms with Crippen LogP contribution in [-0.2, 0) is 14.3 Å². The van der Waals surface area contributed by atoms with Crippen LogP contribution >= 0.6 is 0 Å². The van der Waals surface area contributed by atoms with Gasteiger partial charge in [0.25, 0.3) is 0 Å². The molecule has 1 N–H and O–H groups in total. The molecule has 1 rings (SSSR count). The van der Waals surface area contributed by atoms with Gasteiger partial charge in [-0.1, -0.05) is 34.1 Å². The molecule has 122 valence electrons. The van der Waals surface area contributed by atoms with Gasteiger partial charge in [-0.25, -0.2) is 4.79 Å². The third-order valence-corrected chi connectivity index (χ3v) is 4.52. The third kappa shape index (κ3) is 5.33. The van der Waals surface area contributed by atoms with Crippen molar-refractivity contribution < 1.29 is 14.3 Å². The van der Waals surface area contributed by atoms with Crippen LogP contribution in [0, 0.1) is 23.7 Å². The Hall–Kier alpha value is -1.06. The van der Waals surface area contributed by atoms with Gasteiger partial charge >= 0.3 is 5.97 Å². The Bertz CT molecular complexity index is 354. The molecule has 1 saturated carbocycles. The Morgan fingerprint density at radius 3 is 2.48 bits per heavy atom. The van der Waals surface area contributed by atoms with E-state index in [1.165, 1.54) is 6.42 Å². The zero-order valence-corrected chi connectivity index (χ0v) is 14.1. The van der Waals surface area contributed by atoms with Crippen LogP contribution in [0.4, 0.5) is 0 Å². The van der Waals surface area contributed by atoms with E-state index < -0.39 is 6.04 Å². The highest BCUT2D eigenvalue weighted by Gasteiger charge is 2.36. The van der Waals surface area contributed by atoms with Crippen molar-refractivity contribution in [3.63, 3.8) is 0 Å². The van der Waals surface area contributed by atoms with Crippen molar-refractivity contribution in [3.8, 4) is 0 Å². The lowest BCUT2D eigenvalue weighted by Crippen LogP contribution is -2.46. The molecule has 21 heavy (non-hydrogen) atoms. The molecule has 0 aromatic heterocycles. The Balaban J connectivity index is 2.60. The van der Waals surface area contributed by atoms with Gasteiger partial charge in [0, 0.05) is 5.92 Å². The maximum absolute atomic E-state index is 12.5. The van der Waals surface area contributed by atoms with Crippen molar-refractivity contribution in [2.75, 3.05) is 6.61 Å². The molecule has 1 aliphatic carbocycles. The Morgan fingerprint density at radius 2 is 1.90 bits per heavy atom. The number of nitrogens with one attached hydrogen (secondary N) is 1. The minimum atomic E-state index is -0.561. The maximum atomic E-state index is 12.5. The molecular weight excluding hydrogens is 266 g/mol. The molecule has 0 aromatic carbocycles. The predicted octanol–water partition coefficient (Wildman–Crippen LogP) is 3.15. The normalized spacial score (nSPS) is 27.2. The zero-order valence-electron chi connectivity index (χ0n) is 14.1. The third-order valence-electron chi connectivity index (χ3n) is 4.52. The van der Waals surface area contributed by atoms with E-state index in [0.717, 1.165) is 19.3 Å². The summed E-state index contributed by atoms with van der Waals surface area (Å²) in [6, 6.07) is -0.561. The first-order valence-electron chi connectivity index (χ1n) is 8.33. The van der Waals surface area contributed by atoms with Crippen molar-refractivity contribution in [3.05, 3.63) is 0 Å². The minimum absolute atomic E-state index is 0.0150. The standard InChI is InChI=1S/C17H31NO3/c1-6-9-21-17(20)13(5)18-16(19)15-10-12(4)7-8-14(15)11(2)3/h11-15H,6-10H2,1-5H3,(H,18,19)/t12-,13-,14+,15?/m1/s1. The number of carbonyl (C=O) groups excluding carboxylic acids is 2. The van der Waals surface area contributed by atoms with Crippen molar-refractivity contribution in [2.45, 2.75) is 66.3 Å². The highest BCUT2D eigenvalue weighted by atomic mass is 16.5. The molecular formula is C17H31NO3. The summed E-state index contributed by atoms with van der Waals surface area (Å²) in [5.41, 5.74) is 0. The SMILES string of the molecule is CCCOC(=O)[C@@H](C)NC(=O)C1C[C@H](C)CC[C@H]1C(C)C. The molecule has 0 aliphatic heterocycles. The minimum Gasteiger partial charge on any atom is -0.464 e. The summed E-state index contributed by atoms with van der Waals surface area (Å²) in [5.74, 6) is 1.19. The lowest BCUT2D eigenvalue weighted by molar-refractivity contribution is -0.148. The van der Waals surface area contributed by atoms with Gasteiger partial charge in [-0.3, -0.25) is 4.79 Å². The number of esters is 1. The number of hydrogen-bond acceptors (Lipinski definition) is 3. The van der Waals surface area contributed by atoms with E-state index in [2.05, 4.69) is 26.1 Å². The number of rotatable bonds is 6. The van der Waals surface area contributed by atoms with Gasteiger partial charge in [0.2, 0.25) is 5.91 Å². The molecule has 1 fully saturated rings. The van der Waals surface area contributed by atoms with Crippen LogP contribution in [0.15, 0.2) is 0 Å². The quantitative estimate of drug-likeness (QED) is 0.766. The topological polar surface area (TPSA) is 55.4 Å². The summed E-state index contributed by atoms with van der Waals surface area (Å²) in [7, 11) is 0. The lowest BCUT2D eigenvalue weighted by atomic mass is 9.69. The average molecular weight is 297 g/mol. The largest absolute Gasteiger partial charge is 0.464 e. The molecule has 0 bridgehead atoms. The van der Waals surface area contributed by atoms with E-state index in [4.69, 9.17) is 4.74 Å². The Kier molecular flexibility index (Phi) is 7.20. The monoisotopic (exact) mass is 297 g/mol. The van der Waals surface area contributed by atoms with Gasteiger partial charge in [0.05, 0.1) is 6.61 Å². The lowest BCUT2D eigenvalue weighted by Gasteiger charge is -2.36. The molecule has 1 unspecified atom stereocenters. The van der Waals surface area contributed by atoms with Gasteiger partial charge < -0.3 is 10.1 Å². The van der Waals surface area contributed by atoms with Crippen LogP contribution in [0.5, 0.6) is 0 Å². The summed E-state index contributed by atoms with van der Waals surface area (Å²) in [5, 5.41) is 2.85. The van der Waals surface area contributed by atoms with Crippen LogP contribution in [0.25, 0.3) is 0 Å². The molecule has 1 amide bonds. The molecule has 0 heterocycles. The van der Waals surface area contributed by atoms with E-state index >= 15 is 0 Å². The van der Waals surface area contributed by atoms with Gasteiger partial charge in [-0.2, -0.15) is 0 Å². The van der Waals surface area contributed by atoms with Crippen molar-refractivity contribution in [1.29, 1.82) is 0 Å². The summed E-state index contributed by atoms with van der Waals surface area (Å²) >= 11 is 0. The summed E-state index contributed by atoms with van der Waals surface area (Å²) in [6.07, 6.45) is 4.01. The van der Waals surface area contributed by atoms with Crippen LogP contribution in [0.3, 0.4) is 0 Å². The van der Waals surface area contributed by atoms with E-state index in [1.807, 2.05) is 6.92 Å². The second kappa shape index (κ2) is 8.40. The molecule has 0 radical (unpaired) electrons. The van der Waals surface area contributed by atoms with Gasteiger partial charge in [0.15, 0.2) is 0 Å². The first-order valence-corrected chi connectivity index (χ1v) is 8.33. The van der Waals surface area contributed by atoms with Gasteiger partial charge in [-0.05, 0) is 43.9 Å². The molecule has 0 saturated heterocycles. The van der Waals surface area contributed by atoms with E-state index in [-0.39, 0.29) is 17.8 Å². The Labute approximate surface area is 129 Å². The van der Waals surface area contributed by atoms with Crippen LogP contribution < -0.4 is 5.32 Å². The number of ether oxygens (including phenoxy) is 1. The fourth-order valence-corrected chi connectivity index (χ4v) is 3.21. The van der Waals surface area contributed by atoms with Crippen molar-refractivity contribution >= 4 is 11.9 Å². The summed E-state index contributed by atoms with van der Waals surface area (Å²) < 4.78 is 5.08. The predicted molar refractivity (Wildman–Crippen MR) is 83.7 cm³/mol. The Morgan fingerprint density at radius 1 is 1.24 bits per heavy atom. The van der Waals surface area contributed by atoms with E-state index in [1.54, 1.807) is 6.92 Å². The first-order chi connectivity index (χ1) is 9.86. The second-order valence-corrected chi connectivity index (χ2v) is 6.83. The van der Waals surface area contributed by atoms with Gasteiger partial charge in [-0.15, -0.1) is 0 Å². The fraction of sp³-hybridized carbons (Fsp3) is 0.882. The summed E-state index contributed by atoms with van der Waals surface area (Å²) in [4.78, 5) is 24.3. The van der Waals surface area contributed by atoms with Crippen LogP contribution in [0.2, 0.25) is 0 Å². The van der Waals surface area contributed by atoms with E-state index in [0.29, 0.717) is 24.4 Å². The molecule has 1 aliphatic rings. The summed E-state index contributed by atoms with van der Waals surface area (Å²) in [6.45, 7) is 10.6. The van der Waals surface area contributed by atoms with Crippen LogP contribution in [0.1, 0.15) is 60.3 Å². The van der Waals surface area contributed by atoms with Gasteiger partial charge in [0.1, 0.15) is 6.04 Å². The molecule has 0 spiro atoms. The van der Waals surface area contributed by atoms with Crippen molar-refractivity contribution in [2.24, 2.45) is 23.7 Å². The molecule has 4 heteroatoms. The van der Waals surface area contributed by atoms with E-state index in [9.17, 15) is 9.59 Å². The zero-order chi connectivity index (χ0) is 16.0. The van der Waals surface area contributed by atoms with Crippen LogP contribution in [-0.4, -0.2) is 24.5 Å². The highest BCUT2D eigenvalue weighted by Crippen LogP contribution is 2.38. The van der Waals surface area contributed by atoms with Crippen molar-refractivity contribution in [1.82, 2.24) is 5.32 Å². The second-order valence-electron chi connectivity index (χ2n) is 6.83. The average Bonchev–Trinajstić information content (AvgIpc) is 2.43. The molecule has 0 aromatic rings. The smallest absolute Gasteiger partial charge is 0.328 e. The highest BCUT2D eigenvalue weighted by molar-refractivity contribution is 5.85. The number of amides is 1. The maximum Gasteiger partial charge on any atom is 0.328 e. The molecule has 4 nitrogen and oxygen atoms in total. The molecule has 4 atom stereocenters. The fourth-order valence-electron chi connectivity index (χ4n) is 3.21. The first kappa shape index (κ1) is 18.0.